The Morgan fingerprint density at radius 3 is 3.10 bits per heavy atom. The number of carbonyl (C=O) groups excluding carboxylic acids is 1. The lowest BCUT2D eigenvalue weighted by molar-refractivity contribution is 0.0946. The van der Waals surface area contributed by atoms with Gasteiger partial charge in [0.05, 0.1) is 5.02 Å². The summed E-state index contributed by atoms with van der Waals surface area (Å²) in [4.78, 5) is 22.4. The van der Waals surface area contributed by atoms with E-state index in [1.165, 1.54) is 0 Å². The predicted octanol–water partition coefficient (Wildman–Crippen LogP) is 3.35. The maximum absolute atomic E-state index is 12.0. The molecule has 0 atom stereocenters. The number of nitrogens with one attached hydrogen (secondary N) is 3. The first kappa shape index (κ1) is 12.5. The van der Waals surface area contributed by atoms with Gasteiger partial charge < -0.3 is 15.3 Å². The van der Waals surface area contributed by atoms with Crippen LogP contribution in [0.5, 0.6) is 0 Å². The zero-order valence-corrected chi connectivity index (χ0v) is 11.9. The SMILES string of the molecule is O=C(NC1CC1)c1cc(-c2c(Cl)cnc3[nH]ccc23)c[nH]1.[HH]. The molecule has 1 fully saturated rings. The molecule has 0 radical (unpaired) electrons. The first-order chi connectivity index (χ1) is 10.2. The van der Waals surface area contributed by atoms with Gasteiger partial charge in [-0.25, -0.2) is 4.98 Å². The fourth-order valence-corrected chi connectivity index (χ4v) is 2.70. The van der Waals surface area contributed by atoms with Crippen LogP contribution in [0, 0.1) is 0 Å². The second-order valence-corrected chi connectivity index (χ2v) is 5.68. The number of nitrogens with zero attached hydrogens (tertiary/aromatic N) is 1. The van der Waals surface area contributed by atoms with Crippen LogP contribution in [0.15, 0.2) is 30.7 Å². The summed E-state index contributed by atoms with van der Waals surface area (Å²) >= 11 is 6.29. The Balaban J connectivity index is 0.00000144. The van der Waals surface area contributed by atoms with Crippen molar-refractivity contribution in [2.24, 2.45) is 0 Å². The Hall–Kier alpha value is -2.27. The third-order valence-electron chi connectivity index (χ3n) is 3.67. The van der Waals surface area contributed by atoms with Gasteiger partial charge in [0, 0.05) is 42.6 Å². The van der Waals surface area contributed by atoms with Gasteiger partial charge in [-0.1, -0.05) is 11.6 Å². The molecule has 21 heavy (non-hydrogen) atoms. The average molecular weight is 303 g/mol. The monoisotopic (exact) mass is 302 g/mol. The van der Waals surface area contributed by atoms with Crippen molar-refractivity contribution in [2.75, 3.05) is 0 Å². The third kappa shape index (κ3) is 2.19. The highest BCUT2D eigenvalue weighted by atomic mass is 35.5. The average Bonchev–Trinajstić information content (AvgIpc) is 2.99. The van der Waals surface area contributed by atoms with E-state index in [1.807, 2.05) is 18.3 Å². The molecule has 3 aromatic heterocycles. The first-order valence-electron chi connectivity index (χ1n) is 6.83. The van der Waals surface area contributed by atoms with E-state index in [-0.39, 0.29) is 7.33 Å². The number of rotatable bonds is 3. The Bertz CT molecular complexity index is 837. The molecule has 0 aliphatic heterocycles. The molecule has 3 heterocycles. The summed E-state index contributed by atoms with van der Waals surface area (Å²) < 4.78 is 0. The lowest BCUT2D eigenvalue weighted by Crippen LogP contribution is -2.25. The second-order valence-electron chi connectivity index (χ2n) is 5.27. The van der Waals surface area contributed by atoms with Gasteiger partial charge in [0.1, 0.15) is 11.3 Å². The smallest absolute Gasteiger partial charge is 0.267 e. The highest BCUT2D eigenvalue weighted by molar-refractivity contribution is 6.34. The number of hydrogen-bond acceptors (Lipinski definition) is 2. The number of aromatic amines is 2. The van der Waals surface area contributed by atoms with Crippen molar-refractivity contribution < 1.29 is 6.22 Å². The van der Waals surface area contributed by atoms with Crippen LogP contribution < -0.4 is 5.32 Å². The van der Waals surface area contributed by atoms with Crippen LogP contribution in [0.25, 0.3) is 22.2 Å². The molecule has 0 bridgehead atoms. The third-order valence-corrected chi connectivity index (χ3v) is 3.96. The number of fused-ring (bicyclic) bond motifs is 1. The van der Waals surface area contributed by atoms with Crippen LogP contribution >= 0.6 is 11.6 Å². The zero-order valence-electron chi connectivity index (χ0n) is 11.1. The maximum atomic E-state index is 12.0. The minimum Gasteiger partial charge on any atom is -0.357 e. The second kappa shape index (κ2) is 4.63. The molecule has 3 aromatic rings. The molecule has 1 saturated carbocycles. The summed E-state index contributed by atoms with van der Waals surface area (Å²) in [5, 5.41) is 4.47. The molecule has 1 amide bonds. The first-order valence-corrected chi connectivity index (χ1v) is 7.21. The van der Waals surface area contributed by atoms with Crippen LogP contribution in [0.3, 0.4) is 0 Å². The normalized spacial score (nSPS) is 14.5. The fraction of sp³-hybridized carbons (Fsp3) is 0.200. The van der Waals surface area contributed by atoms with Gasteiger partial charge in [-0.2, -0.15) is 0 Å². The van der Waals surface area contributed by atoms with E-state index in [4.69, 9.17) is 11.6 Å². The Morgan fingerprint density at radius 1 is 1.43 bits per heavy atom. The van der Waals surface area contributed by atoms with Gasteiger partial charge >= 0.3 is 0 Å². The van der Waals surface area contributed by atoms with E-state index in [1.54, 1.807) is 12.4 Å². The van der Waals surface area contributed by atoms with Crippen LogP contribution in [-0.2, 0) is 0 Å². The number of pyridine rings is 1. The number of hydrogen-bond donors (Lipinski definition) is 3. The summed E-state index contributed by atoms with van der Waals surface area (Å²) in [7, 11) is 0. The lowest BCUT2D eigenvalue weighted by atomic mass is 10.1. The molecule has 0 saturated heterocycles. The molecule has 3 N–H and O–H groups in total. The largest absolute Gasteiger partial charge is 0.357 e. The minimum atomic E-state index is -0.0701. The van der Waals surface area contributed by atoms with Crippen LogP contribution in [0.1, 0.15) is 24.8 Å². The van der Waals surface area contributed by atoms with Gasteiger partial charge in [-0.15, -0.1) is 0 Å². The molecular weight excluding hydrogens is 288 g/mol. The van der Waals surface area contributed by atoms with E-state index in [0.717, 1.165) is 35.0 Å². The minimum absolute atomic E-state index is 0. The van der Waals surface area contributed by atoms with Crippen LogP contribution in [0.2, 0.25) is 5.02 Å². The summed E-state index contributed by atoms with van der Waals surface area (Å²) in [5.41, 5.74) is 3.09. The number of aromatic nitrogens is 3. The zero-order chi connectivity index (χ0) is 14.4. The van der Waals surface area contributed by atoms with E-state index in [9.17, 15) is 4.79 Å². The molecule has 0 unspecified atom stereocenters. The van der Waals surface area contributed by atoms with Crippen LogP contribution in [0.4, 0.5) is 0 Å². The summed E-state index contributed by atoms with van der Waals surface area (Å²) in [6.07, 6.45) is 7.38. The van der Waals surface area contributed by atoms with Crippen molar-refractivity contribution in [2.45, 2.75) is 18.9 Å². The van der Waals surface area contributed by atoms with Crippen LogP contribution in [-0.4, -0.2) is 26.9 Å². The van der Waals surface area contributed by atoms with Gasteiger partial charge in [-0.3, -0.25) is 4.79 Å². The molecule has 0 aromatic carbocycles. The fourth-order valence-electron chi connectivity index (χ4n) is 2.44. The topological polar surface area (TPSA) is 73.6 Å². The van der Waals surface area contributed by atoms with Crippen molar-refractivity contribution in [1.29, 1.82) is 0 Å². The quantitative estimate of drug-likeness (QED) is 0.694. The maximum Gasteiger partial charge on any atom is 0.267 e. The summed E-state index contributed by atoms with van der Waals surface area (Å²) in [5.74, 6) is -0.0701. The van der Waals surface area contributed by atoms with Crippen molar-refractivity contribution >= 4 is 28.5 Å². The standard InChI is InChI=1S/C15H13ClN4O.H2/c16-11-7-19-14-10(3-4-17-14)13(11)8-5-12(18-6-8)15(21)20-9-1-2-9;/h3-7,9,18H,1-2H2,(H,17,19)(H,20,21);1H. The van der Waals surface area contributed by atoms with E-state index in [0.29, 0.717) is 16.8 Å². The summed E-state index contributed by atoms with van der Waals surface area (Å²) in [6.45, 7) is 0. The van der Waals surface area contributed by atoms with E-state index >= 15 is 0 Å². The molecule has 0 spiro atoms. The summed E-state index contributed by atoms with van der Waals surface area (Å²) in [6, 6.07) is 4.09. The van der Waals surface area contributed by atoms with Gasteiger partial charge in [-0.05, 0) is 25.0 Å². The molecule has 4 rings (SSSR count). The Kier molecular flexibility index (Phi) is 2.75. The number of halogens is 1. The highest BCUT2D eigenvalue weighted by Gasteiger charge is 2.24. The van der Waals surface area contributed by atoms with Crippen molar-refractivity contribution in [3.63, 3.8) is 0 Å². The number of amides is 1. The molecule has 5 nitrogen and oxygen atoms in total. The van der Waals surface area contributed by atoms with Crippen molar-refractivity contribution in [3.05, 3.63) is 41.4 Å². The highest BCUT2D eigenvalue weighted by Crippen LogP contribution is 2.34. The Morgan fingerprint density at radius 2 is 2.29 bits per heavy atom. The predicted molar refractivity (Wildman–Crippen MR) is 83.5 cm³/mol. The number of carbonyl (C=O) groups is 1. The molecular formula is C15H15ClN4O. The van der Waals surface area contributed by atoms with Gasteiger partial charge in [0.25, 0.3) is 5.91 Å². The Labute approximate surface area is 127 Å². The molecule has 1 aliphatic rings. The van der Waals surface area contributed by atoms with Crippen molar-refractivity contribution in [3.8, 4) is 11.1 Å². The number of H-pyrrole nitrogens is 2. The van der Waals surface area contributed by atoms with Crippen molar-refractivity contribution in [1.82, 2.24) is 20.3 Å². The molecule has 6 heteroatoms. The van der Waals surface area contributed by atoms with E-state index < -0.39 is 0 Å². The molecule has 108 valence electrons. The lowest BCUT2D eigenvalue weighted by Gasteiger charge is -2.03. The van der Waals surface area contributed by atoms with Gasteiger partial charge in [0.15, 0.2) is 0 Å². The molecule has 1 aliphatic carbocycles. The van der Waals surface area contributed by atoms with Gasteiger partial charge in [0.2, 0.25) is 0 Å². The van der Waals surface area contributed by atoms with E-state index in [2.05, 4.69) is 20.3 Å².